The second kappa shape index (κ2) is 7.97. The van der Waals surface area contributed by atoms with E-state index in [1.165, 1.54) is 0 Å². The quantitative estimate of drug-likeness (QED) is 0.675. The summed E-state index contributed by atoms with van der Waals surface area (Å²) in [5, 5.41) is 3.50. The molecule has 0 saturated carbocycles. The highest BCUT2D eigenvalue weighted by Gasteiger charge is 2.26. The maximum atomic E-state index is 12.5. The number of amides is 2. The van der Waals surface area contributed by atoms with Crippen LogP contribution in [0.3, 0.4) is 0 Å². The molecule has 1 aliphatic heterocycles. The Morgan fingerprint density at radius 2 is 1.90 bits per heavy atom. The van der Waals surface area contributed by atoms with Gasteiger partial charge in [-0.2, -0.15) is 0 Å². The number of rotatable bonds is 4. The molecule has 1 aliphatic rings. The maximum Gasteiger partial charge on any atom is 0.265 e. The fourth-order valence-electron chi connectivity index (χ4n) is 3.18. The van der Waals surface area contributed by atoms with E-state index in [1.807, 2.05) is 37.3 Å². The SMILES string of the molecule is Cc1ccc(C(=O)Nc2ccc3c(c2)N(Cc2cccc(Cl)c2)C(=O)CO3)cc1. The van der Waals surface area contributed by atoms with Gasteiger partial charge in [0.2, 0.25) is 0 Å². The van der Waals surface area contributed by atoms with Crippen molar-refractivity contribution in [1.29, 1.82) is 0 Å². The number of hydrogen-bond acceptors (Lipinski definition) is 3. The molecule has 4 rings (SSSR count). The van der Waals surface area contributed by atoms with Gasteiger partial charge in [0.25, 0.3) is 11.8 Å². The highest BCUT2D eigenvalue weighted by Crippen LogP contribution is 2.35. The largest absolute Gasteiger partial charge is 0.482 e. The van der Waals surface area contributed by atoms with E-state index in [-0.39, 0.29) is 18.4 Å². The minimum atomic E-state index is -0.214. The van der Waals surface area contributed by atoms with Crippen molar-refractivity contribution in [3.05, 3.63) is 88.4 Å². The molecule has 0 spiro atoms. The summed E-state index contributed by atoms with van der Waals surface area (Å²) >= 11 is 6.07. The third-order valence-corrected chi connectivity index (χ3v) is 4.94. The van der Waals surface area contributed by atoms with Crippen LogP contribution in [0, 0.1) is 6.92 Å². The molecule has 0 atom stereocenters. The van der Waals surface area contributed by atoms with E-state index in [9.17, 15) is 9.59 Å². The van der Waals surface area contributed by atoms with Crippen molar-refractivity contribution in [2.45, 2.75) is 13.5 Å². The van der Waals surface area contributed by atoms with Crippen molar-refractivity contribution in [1.82, 2.24) is 0 Å². The van der Waals surface area contributed by atoms with Crippen LogP contribution in [0.5, 0.6) is 5.75 Å². The molecule has 0 bridgehead atoms. The first-order chi connectivity index (χ1) is 14.0. The number of carbonyl (C=O) groups is 2. The number of nitrogens with zero attached hydrogens (tertiary/aromatic N) is 1. The van der Waals surface area contributed by atoms with Crippen molar-refractivity contribution in [3.8, 4) is 5.75 Å². The highest BCUT2D eigenvalue weighted by molar-refractivity contribution is 6.30. The van der Waals surface area contributed by atoms with Crippen molar-refractivity contribution in [2.24, 2.45) is 0 Å². The van der Waals surface area contributed by atoms with E-state index in [0.717, 1.165) is 11.1 Å². The van der Waals surface area contributed by atoms with Gasteiger partial charge in [-0.25, -0.2) is 0 Å². The number of halogens is 1. The van der Waals surface area contributed by atoms with Crippen LogP contribution in [-0.2, 0) is 11.3 Å². The molecule has 3 aromatic carbocycles. The molecule has 1 heterocycles. The van der Waals surface area contributed by atoms with Gasteiger partial charge in [-0.3, -0.25) is 9.59 Å². The van der Waals surface area contributed by atoms with Crippen molar-refractivity contribution < 1.29 is 14.3 Å². The number of fused-ring (bicyclic) bond motifs is 1. The van der Waals surface area contributed by atoms with Crippen LogP contribution in [0.15, 0.2) is 66.7 Å². The second-order valence-corrected chi connectivity index (χ2v) is 7.34. The van der Waals surface area contributed by atoms with Crippen LogP contribution < -0.4 is 15.0 Å². The van der Waals surface area contributed by atoms with Crippen LogP contribution in [0.2, 0.25) is 5.02 Å². The zero-order valence-electron chi connectivity index (χ0n) is 15.8. The molecule has 3 aromatic rings. The monoisotopic (exact) mass is 406 g/mol. The van der Waals surface area contributed by atoms with Gasteiger partial charge in [0.05, 0.1) is 12.2 Å². The summed E-state index contributed by atoms with van der Waals surface area (Å²) in [5.41, 5.74) is 3.76. The molecule has 5 nitrogen and oxygen atoms in total. The molecule has 146 valence electrons. The number of nitrogens with one attached hydrogen (secondary N) is 1. The molecule has 1 N–H and O–H groups in total. The predicted molar refractivity (Wildman–Crippen MR) is 114 cm³/mol. The number of aryl methyl sites for hydroxylation is 1. The Morgan fingerprint density at radius 3 is 2.66 bits per heavy atom. The fourth-order valence-corrected chi connectivity index (χ4v) is 3.39. The molecule has 2 amide bonds. The number of hydrogen-bond donors (Lipinski definition) is 1. The van der Waals surface area contributed by atoms with Gasteiger partial charge < -0.3 is 15.0 Å². The maximum absolute atomic E-state index is 12.5. The number of ether oxygens (including phenoxy) is 1. The van der Waals surface area contributed by atoms with Gasteiger partial charge in [-0.1, -0.05) is 41.4 Å². The topological polar surface area (TPSA) is 58.6 Å². The molecule has 0 unspecified atom stereocenters. The van der Waals surface area contributed by atoms with Crippen molar-refractivity contribution in [3.63, 3.8) is 0 Å². The third-order valence-electron chi connectivity index (χ3n) is 4.70. The van der Waals surface area contributed by atoms with E-state index in [4.69, 9.17) is 16.3 Å². The van der Waals surface area contributed by atoms with Crippen molar-refractivity contribution >= 4 is 34.8 Å². The van der Waals surface area contributed by atoms with E-state index in [1.54, 1.807) is 41.3 Å². The van der Waals surface area contributed by atoms with Crippen LogP contribution in [0.25, 0.3) is 0 Å². The third kappa shape index (κ3) is 4.25. The lowest BCUT2D eigenvalue weighted by atomic mass is 10.1. The summed E-state index contributed by atoms with van der Waals surface area (Å²) in [6.07, 6.45) is 0. The molecule has 0 aromatic heterocycles. The summed E-state index contributed by atoms with van der Waals surface area (Å²) in [4.78, 5) is 26.7. The Kier molecular flexibility index (Phi) is 5.23. The van der Waals surface area contributed by atoms with Crippen molar-refractivity contribution in [2.75, 3.05) is 16.8 Å². The minimum Gasteiger partial charge on any atom is -0.482 e. The molecular formula is C23H19ClN2O3. The number of carbonyl (C=O) groups excluding carboxylic acids is 2. The lowest BCUT2D eigenvalue weighted by Gasteiger charge is -2.30. The smallest absolute Gasteiger partial charge is 0.265 e. The molecule has 0 aliphatic carbocycles. The summed E-state index contributed by atoms with van der Waals surface area (Å²) in [6.45, 7) is 2.31. The summed E-state index contributed by atoms with van der Waals surface area (Å²) in [7, 11) is 0. The first-order valence-electron chi connectivity index (χ1n) is 9.19. The Labute approximate surface area is 173 Å². The Balaban J connectivity index is 1.60. The highest BCUT2D eigenvalue weighted by atomic mass is 35.5. The lowest BCUT2D eigenvalue weighted by molar-refractivity contribution is -0.121. The standard InChI is InChI=1S/C23H19ClN2O3/c1-15-5-7-17(8-6-15)23(28)25-19-9-10-21-20(12-19)26(22(27)14-29-21)13-16-3-2-4-18(24)11-16/h2-12H,13-14H2,1H3,(H,25,28). The summed E-state index contributed by atoms with van der Waals surface area (Å²) in [6, 6.07) is 20.0. The average Bonchev–Trinajstić information content (AvgIpc) is 2.71. The van der Waals surface area contributed by atoms with E-state index < -0.39 is 0 Å². The Bertz CT molecular complexity index is 1080. The number of benzene rings is 3. The normalized spacial score (nSPS) is 12.9. The molecular weight excluding hydrogens is 388 g/mol. The second-order valence-electron chi connectivity index (χ2n) is 6.90. The Morgan fingerprint density at radius 1 is 1.10 bits per heavy atom. The molecule has 6 heteroatoms. The van der Waals surface area contributed by atoms with Gasteiger partial charge in [-0.05, 0) is 55.0 Å². The van der Waals surface area contributed by atoms with Gasteiger partial charge in [-0.15, -0.1) is 0 Å². The minimum absolute atomic E-state index is 0.0252. The molecule has 0 saturated heterocycles. The van der Waals surface area contributed by atoms with E-state index in [2.05, 4.69) is 5.32 Å². The van der Waals surface area contributed by atoms with Crippen LogP contribution in [-0.4, -0.2) is 18.4 Å². The Hall–Kier alpha value is -3.31. The van der Waals surface area contributed by atoms with E-state index in [0.29, 0.717) is 34.3 Å². The van der Waals surface area contributed by atoms with E-state index >= 15 is 0 Å². The molecule has 0 fully saturated rings. The zero-order valence-corrected chi connectivity index (χ0v) is 16.6. The zero-order chi connectivity index (χ0) is 20.4. The fraction of sp³-hybridized carbons (Fsp3) is 0.130. The number of anilines is 2. The van der Waals surface area contributed by atoms with Crippen LogP contribution in [0.4, 0.5) is 11.4 Å². The van der Waals surface area contributed by atoms with Gasteiger partial charge in [0.15, 0.2) is 6.61 Å². The van der Waals surface area contributed by atoms with Crippen LogP contribution >= 0.6 is 11.6 Å². The average molecular weight is 407 g/mol. The first kappa shape index (κ1) is 19.0. The first-order valence-corrected chi connectivity index (χ1v) is 9.57. The van der Waals surface area contributed by atoms with Gasteiger partial charge >= 0.3 is 0 Å². The summed E-state index contributed by atoms with van der Waals surface area (Å²) < 4.78 is 5.56. The lowest BCUT2D eigenvalue weighted by Crippen LogP contribution is -2.38. The van der Waals surface area contributed by atoms with Crippen LogP contribution in [0.1, 0.15) is 21.5 Å². The van der Waals surface area contributed by atoms with Gasteiger partial charge in [0, 0.05) is 16.3 Å². The summed E-state index contributed by atoms with van der Waals surface area (Å²) in [5.74, 6) is 0.230. The molecule has 29 heavy (non-hydrogen) atoms. The molecule has 0 radical (unpaired) electrons. The van der Waals surface area contributed by atoms with Gasteiger partial charge in [0.1, 0.15) is 5.75 Å². The predicted octanol–water partition coefficient (Wildman–Crippen LogP) is 4.83.